The van der Waals surface area contributed by atoms with Crippen LogP contribution in [0.4, 0.5) is 8.78 Å². The molecule has 94 valence electrons. The molecule has 0 heterocycles. The van der Waals surface area contributed by atoms with Crippen LogP contribution in [0.5, 0.6) is 0 Å². The summed E-state index contributed by atoms with van der Waals surface area (Å²) < 4.78 is 27.5. The average molecular weight is 239 g/mol. The molecule has 1 nitrogen and oxygen atoms in total. The summed E-state index contributed by atoms with van der Waals surface area (Å²) in [6, 6.07) is 3.39. The molecule has 0 aliphatic heterocycles. The number of hydrogen-bond donors (Lipinski definition) is 1. The maximum absolute atomic E-state index is 13.9. The van der Waals surface area contributed by atoms with E-state index >= 15 is 0 Å². The van der Waals surface area contributed by atoms with Crippen molar-refractivity contribution in [1.82, 2.24) is 0 Å². The molecule has 3 heteroatoms. The van der Waals surface area contributed by atoms with Gasteiger partial charge in [0, 0.05) is 0 Å². The standard InChI is InChI=1S/C14H19F2N/c1-9-6-7-12(14(16)13(9)15)11-5-3-2-4-10(11)8-17/h6-7,10-11H,2-5,8,17H2,1H3. The van der Waals surface area contributed by atoms with Crippen LogP contribution in [0, 0.1) is 24.5 Å². The third-order valence-electron chi connectivity index (χ3n) is 3.92. The van der Waals surface area contributed by atoms with Crippen molar-refractivity contribution in [3.8, 4) is 0 Å². The first kappa shape index (κ1) is 12.5. The van der Waals surface area contributed by atoms with E-state index < -0.39 is 11.6 Å². The Morgan fingerprint density at radius 1 is 1.18 bits per heavy atom. The van der Waals surface area contributed by atoms with Crippen molar-refractivity contribution in [3.63, 3.8) is 0 Å². The summed E-state index contributed by atoms with van der Waals surface area (Å²) in [7, 11) is 0. The van der Waals surface area contributed by atoms with Gasteiger partial charge in [0.25, 0.3) is 0 Å². The molecule has 1 saturated carbocycles. The normalized spacial score (nSPS) is 24.9. The number of halogens is 2. The van der Waals surface area contributed by atoms with Gasteiger partial charge in [-0.05, 0) is 49.3 Å². The first-order chi connectivity index (χ1) is 8.15. The highest BCUT2D eigenvalue weighted by Crippen LogP contribution is 2.38. The number of rotatable bonds is 2. The molecule has 1 aliphatic rings. The van der Waals surface area contributed by atoms with Crippen LogP contribution >= 0.6 is 0 Å². The predicted octanol–water partition coefficient (Wildman–Crippen LogP) is 3.51. The van der Waals surface area contributed by atoms with E-state index in [1.807, 2.05) is 0 Å². The molecule has 1 aromatic rings. The van der Waals surface area contributed by atoms with Gasteiger partial charge < -0.3 is 5.73 Å². The van der Waals surface area contributed by atoms with Gasteiger partial charge in [-0.15, -0.1) is 0 Å². The van der Waals surface area contributed by atoms with Crippen LogP contribution in [-0.2, 0) is 0 Å². The predicted molar refractivity (Wildman–Crippen MR) is 64.8 cm³/mol. The van der Waals surface area contributed by atoms with Gasteiger partial charge in [0.05, 0.1) is 0 Å². The van der Waals surface area contributed by atoms with E-state index in [4.69, 9.17) is 5.73 Å². The van der Waals surface area contributed by atoms with E-state index in [-0.39, 0.29) is 5.92 Å². The van der Waals surface area contributed by atoms with Gasteiger partial charge in [-0.25, -0.2) is 8.78 Å². The fraction of sp³-hybridized carbons (Fsp3) is 0.571. The van der Waals surface area contributed by atoms with Gasteiger partial charge in [0.2, 0.25) is 0 Å². The van der Waals surface area contributed by atoms with E-state index in [0.29, 0.717) is 23.6 Å². The molecule has 1 aromatic carbocycles. The first-order valence-electron chi connectivity index (χ1n) is 6.29. The Kier molecular flexibility index (Phi) is 3.77. The molecule has 0 saturated heterocycles. The van der Waals surface area contributed by atoms with Crippen LogP contribution in [0.15, 0.2) is 12.1 Å². The van der Waals surface area contributed by atoms with E-state index in [0.717, 1.165) is 25.7 Å². The average Bonchev–Trinajstić information content (AvgIpc) is 2.36. The zero-order valence-corrected chi connectivity index (χ0v) is 10.2. The SMILES string of the molecule is Cc1ccc(C2CCCCC2CN)c(F)c1F. The second-order valence-electron chi connectivity index (χ2n) is 4.99. The van der Waals surface area contributed by atoms with Crippen molar-refractivity contribution in [3.05, 3.63) is 34.9 Å². The summed E-state index contributed by atoms with van der Waals surface area (Å²) in [5.41, 5.74) is 6.62. The lowest BCUT2D eigenvalue weighted by atomic mass is 9.75. The molecule has 1 aliphatic carbocycles. The zero-order valence-electron chi connectivity index (χ0n) is 10.2. The summed E-state index contributed by atoms with van der Waals surface area (Å²) in [6.07, 6.45) is 4.17. The molecule has 2 atom stereocenters. The van der Waals surface area contributed by atoms with Gasteiger partial charge >= 0.3 is 0 Å². The summed E-state index contributed by atoms with van der Waals surface area (Å²) >= 11 is 0. The Bertz CT molecular complexity index is 403. The highest BCUT2D eigenvalue weighted by Gasteiger charge is 2.28. The molecule has 0 aromatic heterocycles. The van der Waals surface area contributed by atoms with E-state index in [1.165, 1.54) is 0 Å². The first-order valence-corrected chi connectivity index (χ1v) is 6.29. The molecule has 0 radical (unpaired) electrons. The lowest BCUT2D eigenvalue weighted by Crippen LogP contribution is -2.26. The fourth-order valence-electron chi connectivity index (χ4n) is 2.85. The lowest BCUT2D eigenvalue weighted by molar-refractivity contribution is 0.305. The molecule has 17 heavy (non-hydrogen) atoms. The number of benzene rings is 1. The van der Waals surface area contributed by atoms with Crippen molar-refractivity contribution >= 4 is 0 Å². The van der Waals surface area contributed by atoms with Gasteiger partial charge in [0.15, 0.2) is 11.6 Å². The van der Waals surface area contributed by atoms with Crippen LogP contribution in [0.1, 0.15) is 42.7 Å². The van der Waals surface area contributed by atoms with Gasteiger partial charge in [-0.2, -0.15) is 0 Å². The van der Waals surface area contributed by atoms with Crippen molar-refractivity contribution in [1.29, 1.82) is 0 Å². The van der Waals surface area contributed by atoms with Gasteiger partial charge in [0.1, 0.15) is 0 Å². The Hall–Kier alpha value is -0.960. The summed E-state index contributed by atoms with van der Waals surface area (Å²) in [5, 5.41) is 0. The topological polar surface area (TPSA) is 26.0 Å². The zero-order chi connectivity index (χ0) is 12.4. The fourth-order valence-corrected chi connectivity index (χ4v) is 2.85. The summed E-state index contributed by atoms with van der Waals surface area (Å²) in [5.74, 6) is -0.997. The third kappa shape index (κ3) is 2.34. The second kappa shape index (κ2) is 5.13. The molecule has 0 bridgehead atoms. The summed E-state index contributed by atoms with van der Waals surface area (Å²) in [6.45, 7) is 2.14. The van der Waals surface area contributed by atoms with Crippen LogP contribution < -0.4 is 5.73 Å². The molecular formula is C14H19F2N. The molecule has 2 unspecified atom stereocenters. The highest BCUT2D eigenvalue weighted by molar-refractivity contribution is 5.29. The van der Waals surface area contributed by atoms with Crippen LogP contribution in [-0.4, -0.2) is 6.54 Å². The Morgan fingerprint density at radius 3 is 2.59 bits per heavy atom. The van der Waals surface area contributed by atoms with Crippen LogP contribution in [0.25, 0.3) is 0 Å². The molecule has 0 spiro atoms. The van der Waals surface area contributed by atoms with E-state index in [1.54, 1.807) is 19.1 Å². The largest absolute Gasteiger partial charge is 0.330 e. The molecule has 0 amide bonds. The number of aryl methyl sites for hydroxylation is 1. The Balaban J connectivity index is 2.35. The quantitative estimate of drug-likeness (QED) is 0.839. The smallest absolute Gasteiger partial charge is 0.162 e. The molecule has 2 rings (SSSR count). The highest BCUT2D eigenvalue weighted by atomic mass is 19.2. The lowest BCUT2D eigenvalue weighted by Gasteiger charge is -2.31. The van der Waals surface area contributed by atoms with E-state index in [9.17, 15) is 8.78 Å². The van der Waals surface area contributed by atoms with Crippen molar-refractivity contribution in [2.75, 3.05) is 6.54 Å². The monoisotopic (exact) mass is 239 g/mol. The Labute approximate surface area is 101 Å². The van der Waals surface area contributed by atoms with Gasteiger partial charge in [-0.1, -0.05) is 25.0 Å². The van der Waals surface area contributed by atoms with Crippen molar-refractivity contribution in [2.45, 2.75) is 38.5 Å². The minimum atomic E-state index is -0.705. The second-order valence-corrected chi connectivity index (χ2v) is 4.99. The Morgan fingerprint density at radius 2 is 1.88 bits per heavy atom. The maximum atomic E-state index is 13.9. The number of nitrogens with two attached hydrogens (primary N) is 1. The molecule has 2 N–H and O–H groups in total. The summed E-state index contributed by atoms with van der Waals surface area (Å²) in [4.78, 5) is 0. The van der Waals surface area contributed by atoms with Crippen molar-refractivity contribution in [2.24, 2.45) is 11.7 Å². The van der Waals surface area contributed by atoms with E-state index in [2.05, 4.69) is 0 Å². The third-order valence-corrected chi connectivity index (χ3v) is 3.92. The molecule has 1 fully saturated rings. The van der Waals surface area contributed by atoms with Crippen molar-refractivity contribution < 1.29 is 8.78 Å². The van der Waals surface area contributed by atoms with Crippen LogP contribution in [0.3, 0.4) is 0 Å². The molecular weight excluding hydrogens is 220 g/mol. The van der Waals surface area contributed by atoms with Gasteiger partial charge in [-0.3, -0.25) is 0 Å². The minimum Gasteiger partial charge on any atom is -0.330 e. The maximum Gasteiger partial charge on any atom is 0.162 e. The number of hydrogen-bond acceptors (Lipinski definition) is 1. The minimum absolute atomic E-state index is 0.0869. The van der Waals surface area contributed by atoms with Crippen LogP contribution in [0.2, 0.25) is 0 Å².